The Balaban J connectivity index is 0.00000484. The first-order valence-corrected chi connectivity index (χ1v) is 7.65. The van der Waals surface area contributed by atoms with Gasteiger partial charge in [-0.3, -0.25) is 4.79 Å². The van der Waals surface area contributed by atoms with Gasteiger partial charge in [-0.2, -0.15) is 0 Å². The van der Waals surface area contributed by atoms with Crippen LogP contribution < -0.4 is 10.6 Å². The van der Waals surface area contributed by atoms with E-state index >= 15 is 0 Å². The van der Waals surface area contributed by atoms with Crippen LogP contribution in [0.15, 0.2) is 29.3 Å². The van der Waals surface area contributed by atoms with Gasteiger partial charge >= 0.3 is 0 Å². The van der Waals surface area contributed by atoms with Gasteiger partial charge in [-0.25, -0.2) is 4.99 Å². The molecule has 0 aromatic heterocycles. The lowest BCUT2D eigenvalue weighted by atomic mass is 10.3. The fourth-order valence-electron chi connectivity index (χ4n) is 1.86. The monoisotopic (exact) mass is 434 g/mol. The van der Waals surface area contributed by atoms with Crippen LogP contribution in [0.3, 0.4) is 0 Å². The van der Waals surface area contributed by atoms with Crippen LogP contribution >= 0.6 is 24.0 Å². The summed E-state index contributed by atoms with van der Waals surface area (Å²) in [7, 11) is 1.97. The van der Waals surface area contributed by atoms with Gasteiger partial charge in [-0.05, 0) is 37.6 Å². The van der Waals surface area contributed by atoms with Crippen LogP contribution in [0.25, 0.3) is 0 Å². The highest BCUT2D eigenvalue weighted by Gasteiger charge is 2.07. The van der Waals surface area contributed by atoms with Crippen molar-refractivity contribution in [2.45, 2.75) is 26.7 Å². The van der Waals surface area contributed by atoms with E-state index in [0.717, 1.165) is 31.9 Å². The molecule has 6 nitrogen and oxygen atoms in total. The Morgan fingerprint density at radius 3 is 2.48 bits per heavy atom. The summed E-state index contributed by atoms with van der Waals surface area (Å²) in [6.45, 7) is 5.86. The molecule has 0 aliphatic carbocycles. The molecule has 1 rings (SSSR count). The third-order valence-corrected chi connectivity index (χ3v) is 3.07. The number of anilines is 1. The number of nitrogens with zero attached hydrogens (tertiary/aromatic N) is 2. The summed E-state index contributed by atoms with van der Waals surface area (Å²) in [5, 5.41) is 15.1. The third-order valence-electron chi connectivity index (χ3n) is 3.07. The highest BCUT2D eigenvalue weighted by atomic mass is 127. The summed E-state index contributed by atoms with van der Waals surface area (Å²) >= 11 is 0. The van der Waals surface area contributed by atoms with E-state index in [1.54, 1.807) is 12.1 Å². The number of halogens is 1. The topological polar surface area (TPSA) is 77.0 Å². The first kappa shape index (κ1) is 21.5. The van der Waals surface area contributed by atoms with Crippen molar-refractivity contribution in [3.8, 4) is 5.75 Å². The highest BCUT2D eigenvalue weighted by molar-refractivity contribution is 14.0. The number of benzene rings is 1. The molecule has 3 N–H and O–H groups in total. The number of unbranched alkanes of at least 4 members (excludes halogenated alkanes) is 1. The molecule has 0 saturated carbocycles. The zero-order chi connectivity index (χ0) is 16.4. The van der Waals surface area contributed by atoms with E-state index < -0.39 is 0 Å². The van der Waals surface area contributed by atoms with Gasteiger partial charge in [0.05, 0.1) is 0 Å². The van der Waals surface area contributed by atoms with E-state index in [0.29, 0.717) is 5.69 Å². The smallest absolute Gasteiger partial charge is 0.246 e. The molecule has 0 heterocycles. The van der Waals surface area contributed by atoms with E-state index in [-0.39, 0.29) is 42.2 Å². The molecule has 0 radical (unpaired) electrons. The normalized spacial score (nSPS) is 10.7. The molecule has 0 bridgehead atoms. The van der Waals surface area contributed by atoms with Crippen LogP contribution in [0.2, 0.25) is 0 Å². The fourth-order valence-corrected chi connectivity index (χ4v) is 1.86. The molecule has 0 aliphatic rings. The number of guanidine groups is 1. The van der Waals surface area contributed by atoms with Crippen molar-refractivity contribution in [1.82, 2.24) is 10.2 Å². The summed E-state index contributed by atoms with van der Waals surface area (Å²) < 4.78 is 0. The molecule has 1 amide bonds. The van der Waals surface area contributed by atoms with E-state index in [2.05, 4.69) is 22.5 Å². The van der Waals surface area contributed by atoms with Gasteiger partial charge in [0.1, 0.15) is 12.3 Å². The number of aromatic hydroxyl groups is 1. The zero-order valence-corrected chi connectivity index (χ0v) is 16.3. The second-order valence-corrected chi connectivity index (χ2v) is 5.04. The lowest BCUT2D eigenvalue weighted by Gasteiger charge is -2.21. The van der Waals surface area contributed by atoms with E-state index in [1.807, 2.05) is 18.9 Å². The zero-order valence-electron chi connectivity index (χ0n) is 14.0. The molecule has 0 atom stereocenters. The number of phenolic OH excluding ortho intramolecular Hbond substituents is 1. The third kappa shape index (κ3) is 8.63. The molecule has 7 heteroatoms. The number of nitrogens with one attached hydrogen (secondary N) is 2. The van der Waals surface area contributed by atoms with Crippen LogP contribution in [0.1, 0.15) is 26.7 Å². The van der Waals surface area contributed by atoms with Gasteiger partial charge in [-0.15, -0.1) is 24.0 Å². The minimum atomic E-state index is -0.190. The van der Waals surface area contributed by atoms with Crippen molar-refractivity contribution >= 4 is 41.5 Å². The maximum atomic E-state index is 11.9. The Labute approximate surface area is 155 Å². The van der Waals surface area contributed by atoms with Gasteiger partial charge in [0.2, 0.25) is 5.91 Å². The summed E-state index contributed by atoms with van der Waals surface area (Å²) in [5.41, 5.74) is 0.641. The summed E-state index contributed by atoms with van der Waals surface area (Å²) in [6.07, 6.45) is 2.20. The molecule has 0 fully saturated rings. The van der Waals surface area contributed by atoms with Gasteiger partial charge < -0.3 is 20.6 Å². The molecule has 0 aliphatic heterocycles. The minimum absolute atomic E-state index is 0. The Hall–Kier alpha value is -1.51. The van der Waals surface area contributed by atoms with Crippen LogP contribution in [0.4, 0.5) is 5.69 Å². The van der Waals surface area contributed by atoms with Crippen molar-refractivity contribution in [1.29, 1.82) is 0 Å². The van der Waals surface area contributed by atoms with Crippen LogP contribution in [-0.4, -0.2) is 48.6 Å². The average molecular weight is 434 g/mol. The SMILES string of the molecule is CCCCN(C)C(=NCC(=O)Nc1ccc(O)cc1)NCC.I. The van der Waals surface area contributed by atoms with Crippen molar-refractivity contribution < 1.29 is 9.90 Å². The van der Waals surface area contributed by atoms with Crippen molar-refractivity contribution in [2.24, 2.45) is 4.99 Å². The molecule has 1 aromatic rings. The van der Waals surface area contributed by atoms with E-state index in [9.17, 15) is 9.90 Å². The standard InChI is InChI=1S/C16H26N4O2.HI/c1-4-6-11-20(3)16(17-5-2)18-12-15(22)19-13-7-9-14(21)10-8-13;/h7-10,21H,4-6,11-12H2,1-3H3,(H,17,18)(H,19,22);1H. The van der Waals surface area contributed by atoms with E-state index in [4.69, 9.17) is 0 Å². The second-order valence-electron chi connectivity index (χ2n) is 5.04. The number of carbonyl (C=O) groups excluding carboxylic acids is 1. The van der Waals surface area contributed by atoms with Crippen LogP contribution in [0, 0.1) is 0 Å². The van der Waals surface area contributed by atoms with Gasteiger partial charge in [0.15, 0.2) is 5.96 Å². The molecule has 130 valence electrons. The molecular weight excluding hydrogens is 407 g/mol. The quantitative estimate of drug-likeness (QED) is 0.267. The molecule has 23 heavy (non-hydrogen) atoms. The van der Waals surface area contributed by atoms with Gasteiger partial charge in [-0.1, -0.05) is 13.3 Å². The number of hydrogen-bond acceptors (Lipinski definition) is 3. The Kier molecular flexibility index (Phi) is 11.2. The number of hydrogen-bond donors (Lipinski definition) is 3. The lowest BCUT2D eigenvalue weighted by molar-refractivity contribution is -0.114. The van der Waals surface area contributed by atoms with Crippen molar-refractivity contribution in [2.75, 3.05) is 32.0 Å². The van der Waals surface area contributed by atoms with Gasteiger partial charge in [0.25, 0.3) is 0 Å². The summed E-state index contributed by atoms with van der Waals surface area (Å²) in [6, 6.07) is 6.36. The predicted molar refractivity (Wildman–Crippen MR) is 106 cm³/mol. The summed E-state index contributed by atoms with van der Waals surface area (Å²) in [4.78, 5) is 18.3. The highest BCUT2D eigenvalue weighted by Crippen LogP contribution is 2.13. The fraction of sp³-hybridized carbons (Fsp3) is 0.500. The Morgan fingerprint density at radius 2 is 1.91 bits per heavy atom. The molecular formula is C16H27IN4O2. The summed E-state index contributed by atoms with van der Waals surface area (Å²) in [5.74, 6) is 0.713. The van der Waals surface area contributed by atoms with Crippen molar-refractivity contribution in [3.63, 3.8) is 0 Å². The number of aliphatic imine (C=N–C) groups is 1. The predicted octanol–water partition coefficient (Wildman–Crippen LogP) is 2.65. The maximum Gasteiger partial charge on any atom is 0.246 e. The first-order valence-electron chi connectivity index (χ1n) is 7.65. The average Bonchev–Trinajstić information content (AvgIpc) is 2.51. The largest absolute Gasteiger partial charge is 0.508 e. The number of carbonyl (C=O) groups is 1. The number of amides is 1. The molecule has 0 unspecified atom stereocenters. The van der Waals surface area contributed by atoms with Crippen LogP contribution in [-0.2, 0) is 4.79 Å². The van der Waals surface area contributed by atoms with Gasteiger partial charge in [0, 0.05) is 25.8 Å². The Morgan fingerprint density at radius 1 is 1.26 bits per heavy atom. The molecule has 0 spiro atoms. The lowest BCUT2D eigenvalue weighted by Crippen LogP contribution is -2.40. The Bertz CT molecular complexity index is 491. The first-order chi connectivity index (χ1) is 10.6. The minimum Gasteiger partial charge on any atom is -0.508 e. The molecule has 1 aromatic carbocycles. The maximum absolute atomic E-state index is 11.9. The second kappa shape index (κ2) is 12.0. The van der Waals surface area contributed by atoms with Crippen LogP contribution in [0.5, 0.6) is 5.75 Å². The van der Waals surface area contributed by atoms with Crippen molar-refractivity contribution in [3.05, 3.63) is 24.3 Å². The number of phenols is 1. The van der Waals surface area contributed by atoms with E-state index in [1.165, 1.54) is 12.1 Å². The number of rotatable bonds is 7. The molecule has 0 saturated heterocycles.